The molecule has 2 aliphatic heterocycles. The van der Waals surface area contributed by atoms with Crippen molar-refractivity contribution in [2.45, 2.75) is 58.0 Å². The summed E-state index contributed by atoms with van der Waals surface area (Å²) in [5, 5.41) is 0. The Hall–Kier alpha value is -1.52. The van der Waals surface area contributed by atoms with Gasteiger partial charge in [0.05, 0.1) is 5.70 Å². The minimum Gasteiger partial charge on any atom is -0.458 e. The third kappa shape index (κ3) is 1.78. The normalized spacial score (nSPS) is 36.8. The van der Waals surface area contributed by atoms with E-state index < -0.39 is 0 Å². The van der Waals surface area contributed by atoms with Gasteiger partial charge in [0.15, 0.2) is 0 Å². The van der Waals surface area contributed by atoms with Crippen LogP contribution in [0.2, 0.25) is 0 Å². The molecule has 5 heteroatoms. The minimum absolute atomic E-state index is 0.0277. The van der Waals surface area contributed by atoms with Crippen LogP contribution in [0, 0.1) is 0 Å². The average molecular weight is 253 g/mol. The number of ether oxygens (including phenoxy) is 4. The molecule has 0 bridgehead atoms. The first-order valence-electron chi connectivity index (χ1n) is 6.35. The van der Waals surface area contributed by atoms with Crippen molar-refractivity contribution < 1.29 is 18.9 Å². The molecule has 2 heterocycles. The highest BCUT2D eigenvalue weighted by atomic mass is 16.7. The topological polar surface area (TPSA) is 62.9 Å². The van der Waals surface area contributed by atoms with Gasteiger partial charge in [-0.15, -0.1) is 0 Å². The third-order valence-corrected chi connectivity index (χ3v) is 3.52. The lowest BCUT2D eigenvalue weighted by atomic mass is 9.90. The fourth-order valence-corrected chi connectivity index (χ4v) is 2.59. The Morgan fingerprint density at radius 2 is 1.22 bits per heavy atom. The predicted molar refractivity (Wildman–Crippen MR) is 64.0 cm³/mol. The van der Waals surface area contributed by atoms with Crippen LogP contribution in [0.1, 0.15) is 33.6 Å². The fourth-order valence-electron chi connectivity index (χ4n) is 2.59. The Morgan fingerprint density at radius 1 is 0.833 bits per heavy atom. The van der Waals surface area contributed by atoms with Crippen LogP contribution < -0.4 is 5.73 Å². The Kier molecular flexibility index (Phi) is 2.57. The first-order chi connectivity index (χ1) is 8.54. The summed E-state index contributed by atoms with van der Waals surface area (Å²) in [4.78, 5) is 0. The molecule has 3 fully saturated rings. The molecule has 18 heavy (non-hydrogen) atoms. The van der Waals surface area contributed by atoms with Crippen LogP contribution in [0.25, 0.3) is 0 Å². The van der Waals surface area contributed by atoms with E-state index in [-0.39, 0.29) is 24.4 Å². The molecular weight excluding hydrogens is 234 g/mol. The van der Waals surface area contributed by atoms with Crippen molar-refractivity contribution in [2.24, 2.45) is 5.73 Å². The van der Waals surface area contributed by atoms with Gasteiger partial charge in [-0.3, -0.25) is 0 Å². The molecule has 0 radical (unpaired) electrons. The standard InChI is InChI=1S/C13H19NO4/c1-6(2)12-15-8-4-10-11(5-9(8)16-12)18-13(17-10)7(3)14/h8-11H,4-5,14H2,1-3H3. The maximum Gasteiger partial charge on any atom is 0.299 e. The van der Waals surface area contributed by atoms with Crippen molar-refractivity contribution in [3.63, 3.8) is 0 Å². The van der Waals surface area contributed by atoms with Crippen LogP contribution in [0.5, 0.6) is 0 Å². The summed E-state index contributed by atoms with van der Waals surface area (Å²) in [5.41, 5.74) is 7.34. The van der Waals surface area contributed by atoms with Gasteiger partial charge in [-0.05, 0) is 20.8 Å². The van der Waals surface area contributed by atoms with Gasteiger partial charge in [0, 0.05) is 18.4 Å². The van der Waals surface area contributed by atoms with E-state index in [0.717, 1.165) is 18.4 Å². The Morgan fingerprint density at radius 3 is 1.56 bits per heavy atom. The molecule has 0 aromatic rings. The summed E-state index contributed by atoms with van der Waals surface area (Å²) in [5.74, 6) is 1.13. The first kappa shape index (κ1) is 11.6. The fraction of sp³-hybridized carbons (Fsp3) is 0.692. The summed E-state index contributed by atoms with van der Waals surface area (Å²) in [6.45, 7) is 5.75. The quantitative estimate of drug-likeness (QED) is 0.712. The largest absolute Gasteiger partial charge is 0.458 e. The lowest BCUT2D eigenvalue weighted by Gasteiger charge is -2.27. The van der Waals surface area contributed by atoms with Crippen LogP contribution in [0.15, 0.2) is 23.2 Å². The zero-order valence-electron chi connectivity index (χ0n) is 10.9. The third-order valence-electron chi connectivity index (χ3n) is 3.52. The highest BCUT2D eigenvalue weighted by molar-refractivity contribution is 5.08. The van der Waals surface area contributed by atoms with Gasteiger partial charge in [0.2, 0.25) is 0 Å². The molecule has 1 saturated carbocycles. The smallest absolute Gasteiger partial charge is 0.299 e. The zero-order valence-corrected chi connectivity index (χ0v) is 10.9. The van der Waals surface area contributed by atoms with Crippen LogP contribution in [0.3, 0.4) is 0 Å². The lowest BCUT2D eigenvalue weighted by Crippen LogP contribution is -2.41. The van der Waals surface area contributed by atoms with Crippen molar-refractivity contribution in [3.8, 4) is 0 Å². The molecular formula is C13H19NO4. The highest BCUT2D eigenvalue weighted by Gasteiger charge is 2.50. The monoisotopic (exact) mass is 253 g/mol. The molecule has 2 saturated heterocycles. The van der Waals surface area contributed by atoms with Crippen molar-refractivity contribution in [1.82, 2.24) is 0 Å². The minimum atomic E-state index is 0.0277. The number of rotatable bonds is 0. The Balaban J connectivity index is 1.74. The average Bonchev–Trinajstić information content (AvgIpc) is 2.87. The van der Waals surface area contributed by atoms with E-state index in [9.17, 15) is 0 Å². The van der Waals surface area contributed by atoms with Gasteiger partial charge < -0.3 is 24.7 Å². The summed E-state index contributed by atoms with van der Waals surface area (Å²) in [6, 6.07) is 0. The Labute approximate surface area is 107 Å². The Bertz CT molecular complexity index is 357. The van der Waals surface area contributed by atoms with E-state index in [1.54, 1.807) is 6.92 Å². The molecule has 4 unspecified atom stereocenters. The molecule has 1 aliphatic carbocycles. The van der Waals surface area contributed by atoms with Crippen molar-refractivity contribution in [3.05, 3.63) is 23.2 Å². The van der Waals surface area contributed by atoms with Crippen LogP contribution >= 0.6 is 0 Å². The van der Waals surface area contributed by atoms with E-state index in [1.807, 2.05) is 13.8 Å². The van der Waals surface area contributed by atoms with Crippen LogP contribution in [-0.4, -0.2) is 24.4 Å². The summed E-state index contributed by atoms with van der Waals surface area (Å²) < 4.78 is 23.0. The van der Waals surface area contributed by atoms with E-state index in [4.69, 9.17) is 24.7 Å². The summed E-state index contributed by atoms with van der Waals surface area (Å²) >= 11 is 0. The van der Waals surface area contributed by atoms with Gasteiger partial charge >= 0.3 is 0 Å². The van der Waals surface area contributed by atoms with Crippen LogP contribution in [0.4, 0.5) is 0 Å². The molecule has 0 amide bonds. The maximum absolute atomic E-state index is 5.81. The lowest BCUT2D eigenvalue weighted by molar-refractivity contribution is 0.00578. The van der Waals surface area contributed by atoms with Crippen molar-refractivity contribution in [2.75, 3.05) is 0 Å². The van der Waals surface area contributed by atoms with E-state index in [0.29, 0.717) is 17.6 Å². The molecule has 0 spiro atoms. The first-order valence-corrected chi connectivity index (χ1v) is 6.35. The molecule has 3 aliphatic rings. The van der Waals surface area contributed by atoms with Crippen LogP contribution in [-0.2, 0) is 18.9 Å². The number of hydrogen-bond acceptors (Lipinski definition) is 5. The van der Waals surface area contributed by atoms with Gasteiger partial charge in [-0.1, -0.05) is 0 Å². The second-order valence-electron chi connectivity index (χ2n) is 5.35. The number of hydrogen-bond donors (Lipinski definition) is 1. The van der Waals surface area contributed by atoms with Gasteiger partial charge in [0.25, 0.3) is 11.9 Å². The molecule has 5 nitrogen and oxygen atoms in total. The SMILES string of the molecule is CC(C)=C1OC2CC3OC(=C(C)N)OC3CC2O1. The van der Waals surface area contributed by atoms with E-state index >= 15 is 0 Å². The van der Waals surface area contributed by atoms with Crippen molar-refractivity contribution in [1.29, 1.82) is 0 Å². The molecule has 2 N–H and O–H groups in total. The number of allylic oxidation sites excluding steroid dienone is 2. The summed E-state index contributed by atoms with van der Waals surface area (Å²) in [7, 11) is 0. The molecule has 0 aromatic carbocycles. The maximum atomic E-state index is 5.81. The van der Waals surface area contributed by atoms with Gasteiger partial charge in [0.1, 0.15) is 24.4 Å². The van der Waals surface area contributed by atoms with Gasteiger partial charge in [-0.25, -0.2) is 0 Å². The predicted octanol–water partition coefficient (Wildman–Crippen LogP) is 1.75. The van der Waals surface area contributed by atoms with E-state index in [2.05, 4.69) is 0 Å². The molecule has 3 rings (SSSR count). The second kappa shape index (κ2) is 4.00. The van der Waals surface area contributed by atoms with E-state index in [1.165, 1.54) is 0 Å². The zero-order chi connectivity index (χ0) is 12.9. The molecule has 100 valence electrons. The molecule has 0 aromatic heterocycles. The second-order valence-corrected chi connectivity index (χ2v) is 5.35. The number of nitrogens with two attached hydrogens (primary N) is 1. The summed E-state index contributed by atoms with van der Waals surface area (Å²) in [6.07, 6.45) is 1.75. The van der Waals surface area contributed by atoms with Crippen molar-refractivity contribution >= 4 is 0 Å². The molecule has 4 atom stereocenters. The van der Waals surface area contributed by atoms with Gasteiger partial charge in [-0.2, -0.15) is 0 Å². The number of fused-ring (bicyclic) bond motifs is 2. The highest BCUT2D eigenvalue weighted by Crippen LogP contribution is 2.41.